The van der Waals surface area contributed by atoms with Crippen LogP contribution in [0.3, 0.4) is 0 Å². The molecule has 1 heterocycles. The summed E-state index contributed by atoms with van der Waals surface area (Å²) in [5, 5.41) is 6.62. The summed E-state index contributed by atoms with van der Waals surface area (Å²) in [6.07, 6.45) is 7.71. The van der Waals surface area contributed by atoms with Crippen molar-refractivity contribution >= 4 is 6.09 Å². The maximum atomic E-state index is 11.9. The Hall–Kier alpha value is -2.60. The van der Waals surface area contributed by atoms with Gasteiger partial charge in [0.2, 0.25) is 0 Å². The highest BCUT2D eigenvalue weighted by Gasteiger charge is 2.23. The second-order valence-corrected chi connectivity index (χ2v) is 9.24. The lowest BCUT2D eigenvalue weighted by Gasteiger charge is -2.30. The Morgan fingerprint density at radius 1 is 1.06 bits per heavy atom. The molecular weight excluding hydrogens is 390 g/mol. The number of carbonyl (C=O) groups excluding carboxylic acids is 1. The number of benzene rings is 1. The summed E-state index contributed by atoms with van der Waals surface area (Å²) >= 11 is 0. The largest absolute Gasteiger partial charge is 0.496 e. The molecule has 3 rings (SSSR count). The van der Waals surface area contributed by atoms with E-state index in [1.54, 1.807) is 7.11 Å². The number of alkyl carbamates (subject to hydrolysis) is 1. The Balaban J connectivity index is 1.48. The van der Waals surface area contributed by atoms with Crippen LogP contribution in [0.5, 0.6) is 5.75 Å². The lowest BCUT2D eigenvalue weighted by atomic mass is 9.86. The zero-order valence-electron chi connectivity index (χ0n) is 19.1. The number of hydrogen-bond acceptors (Lipinski definition) is 5. The van der Waals surface area contributed by atoms with Crippen molar-refractivity contribution in [3.63, 3.8) is 0 Å². The maximum Gasteiger partial charge on any atom is 0.407 e. The molecule has 1 aliphatic rings. The quantitative estimate of drug-likeness (QED) is 0.658. The van der Waals surface area contributed by atoms with E-state index < -0.39 is 5.60 Å². The number of aromatic nitrogens is 1. The predicted molar refractivity (Wildman–Crippen MR) is 123 cm³/mol. The molecule has 2 N–H and O–H groups in total. The van der Waals surface area contributed by atoms with E-state index in [-0.39, 0.29) is 6.09 Å². The first-order valence-electron chi connectivity index (χ1n) is 11.1. The number of hydrogen-bond donors (Lipinski definition) is 2. The first kappa shape index (κ1) is 23.1. The summed E-state index contributed by atoms with van der Waals surface area (Å²) in [6, 6.07) is 10.8. The van der Waals surface area contributed by atoms with Crippen LogP contribution in [-0.2, 0) is 11.3 Å². The third-order valence-corrected chi connectivity index (χ3v) is 5.66. The zero-order chi connectivity index (χ0) is 22.3. The van der Waals surface area contributed by atoms with Gasteiger partial charge in [0.25, 0.3) is 0 Å². The van der Waals surface area contributed by atoms with Gasteiger partial charge in [-0.1, -0.05) is 6.07 Å². The number of carbonyl (C=O) groups is 1. The second kappa shape index (κ2) is 10.6. The fourth-order valence-electron chi connectivity index (χ4n) is 4.01. The van der Waals surface area contributed by atoms with Crippen molar-refractivity contribution in [2.45, 2.75) is 64.6 Å². The van der Waals surface area contributed by atoms with Crippen molar-refractivity contribution < 1.29 is 14.3 Å². The van der Waals surface area contributed by atoms with Crippen molar-refractivity contribution in [2.24, 2.45) is 5.92 Å². The molecule has 168 valence electrons. The van der Waals surface area contributed by atoms with Crippen molar-refractivity contribution in [1.29, 1.82) is 0 Å². The molecule has 0 saturated heterocycles. The zero-order valence-corrected chi connectivity index (χ0v) is 19.1. The molecule has 6 heteroatoms. The summed E-state index contributed by atoms with van der Waals surface area (Å²) in [7, 11) is 1.72. The third kappa shape index (κ3) is 7.24. The highest BCUT2D eigenvalue weighted by atomic mass is 16.6. The van der Waals surface area contributed by atoms with Gasteiger partial charge in [-0.05, 0) is 87.8 Å². The fraction of sp³-hybridized carbons (Fsp3) is 0.520. The maximum absolute atomic E-state index is 11.9. The fourth-order valence-corrected chi connectivity index (χ4v) is 4.01. The minimum Gasteiger partial charge on any atom is -0.496 e. The Morgan fingerprint density at radius 3 is 2.42 bits per heavy atom. The minimum absolute atomic E-state index is 0.325. The number of nitrogens with one attached hydrogen (secondary N) is 2. The monoisotopic (exact) mass is 425 g/mol. The molecule has 1 amide bonds. The molecule has 1 aliphatic carbocycles. The lowest BCUT2D eigenvalue weighted by Crippen LogP contribution is -2.38. The van der Waals surface area contributed by atoms with Crippen molar-refractivity contribution in [3.05, 3.63) is 48.3 Å². The van der Waals surface area contributed by atoms with Crippen LogP contribution in [0.2, 0.25) is 0 Å². The van der Waals surface area contributed by atoms with Gasteiger partial charge in [-0.25, -0.2) is 4.79 Å². The molecule has 1 aromatic heterocycles. The van der Waals surface area contributed by atoms with E-state index in [2.05, 4.69) is 27.8 Å². The van der Waals surface area contributed by atoms with Gasteiger partial charge in [-0.2, -0.15) is 0 Å². The van der Waals surface area contributed by atoms with Crippen LogP contribution in [0, 0.1) is 5.92 Å². The summed E-state index contributed by atoms with van der Waals surface area (Å²) in [5.41, 5.74) is 3.01. The molecular formula is C25H35N3O3. The van der Waals surface area contributed by atoms with Crippen LogP contribution in [0.1, 0.15) is 52.0 Å². The number of rotatable bonds is 7. The Bertz CT molecular complexity index is 841. The van der Waals surface area contributed by atoms with Crippen LogP contribution < -0.4 is 15.4 Å². The molecule has 0 atom stereocenters. The molecule has 1 saturated carbocycles. The first-order valence-corrected chi connectivity index (χ1v) is 11.1. The molecule has 0 aliphatic heterocycles. The van der Waals surface area contributed by atoms with Crippen LogP contribution >= 0.6 is 0 Å². The van der Waals surface area contributed by atoms with E-state index in [9.17, 15) is 4.79 Å². The molecule has 1 aromatic carbocycles. The van der Waals surface area contributed by atoms with Gasteiger partial charge in [0, 0.05) is 37.1 Å². The normalized spacial score (nSPS) is 19.0. The van der Waals surface area contributed by atoms with E-state index in [4.69, 9.17) is 9.47 Å². The Kier molecular flexibility index (Phi) is 7.91. The van der Waals surface area contributed by atoms with Crippen molar-refractivity contribution in [3.8, 4) is 16.9 Å². The smallest absolute Gasteiger partial charge is 0.407 e. The number of amides is 1. The van der Waals surface area contributed by atoms with Crippen LogP contribution in [0.15, 0.2) is 42.7 Å². The van der Waals surface area contributed by atoms with E-state index >= 15 is 0 Å². The van der Waals surface area contributed by atoms with Crippen LogP contribution in [0.25, 0.3) is 11.1 Å². The number of ether oxygens (including phenoxy) is 2. The molecule has 31 heavy (non-hydrogen) atoms. The van der Waals surface area contributed by atoms with Gasteiger partial charge >= 0.3 is 6.09 Å². The summed E-state index contributed by atoms with van der Waals surface area (Å²) in [4.78, 5) is 16.0. The van der Waals surface area contributed by atoms with Gasteiger partial charge < -0.3 is 20.1 Å². The average Bonchev–Trinajstić information content (AvgIpc) is 2.76. The van der Waals surface area contributed by atoms with E-state index in [1.807, 2.05) is 51.4 Å². The molecule has 0 radical (unpaired) electrons. The van der Waals surface area contributed by atoms with Crippen LogP contribution in [0.4, 0.5) is 4.79 Å². The molecule has 2 aromatic rings. The lowest BCUT2D eigenvalue weighted by molar-refractivity contribution is 0.0514. The SMILES string of the molecule is COc1ccc(-c2ccncc2)cc1CNC1CCC(CNC(=O)OC(C)(C)C)CC1. The summed E-state index contributed by atoms with van der Waals surface area (Å²) < 4.78 is 10.9. The van der Waals surface area contributed by atoms with Gasteiger partial charge in [0.05, 0.1) is 7.11 Å². The number of pyridine rings is 1. The standard InChI is InChI=1S/C25H35N3O3/c1-25(2,3)31-24(29)28-16-18-5-8-22(9-6-18)27-17-21-15-20(7-10-23(21)30-4)19-11-13-26-14-12-19/h7,10-15,18,22,27H,5-6,8-9,16-17H2,1-4H3,(H,28,29). The highest BCUT2D eigenvalue weighted by molar-refractivity contribution is 5.67. The first-order chi connectivity index (χ1) is 14.8. The van der Waals surface area contributed by atoms with Crippen LogP contribution in [-0.4, -0.2) is 36.4 Å². The minimum atomic E-state index is -0.457. The van der Waals surface area contributed by atoms with Gasteiger partial charge in [-0.3, -0.25) is 4.98 Å². The van der Waals surface area contributed by atoms with Crippen molar-refractivity contribution in [2.75, 3.05) is 13.7 Å². The number of nitrogens with zero attached hydrogens (tertiary/aromatic N) is 1. The number of methoxy groups -OCH3 is 1. The van der Waals surface area contributed by atoms with Gasteiger partial charge in [-0.15, -0.1) is 0 Å². The molecule has 1 fully saturated rings. The predicted octanol–water partition coefficient (Wildman–Crippen LogP) is 4.93. The topological polar surface area (TPSA) is 72.5 Å². The highest BCUT2D eigenvalue weighted by Crippen LogP contribution is 2.28. The molecule has 0 unspecified atom stereocenters. The molecule has 0 bridgehead atoms. The van der Waals surface area contributed by atoms with Gasteiger partial charge in [0.15, 0.2) is 0 Å². The van der Waals surface area contributed by atoms with Gasteiger partial charge in [0.1, 0.15) is 11.4 Å². The Labute approximate surface area is 185 Å². The summed E-state index contributed by atoms with van der Waals surface area (Å²) in [6.45, 7) is 7.10. The van der Waals surface area contributed by atoms with E-state index in [0.717, 1.165) is 54.7 Å². The second-order valence-electron chi connectivity index (χ2n) is 9.24. The molecule has 0 spiro atoms. The third-order valence-electron chi connectivity index (χ3n) is 5.66. The van der Waals surface area contributed by atoms with Crippen molar-refractivity contribution in [1.82, 2.24) is 15.6 Å². The Morgan fingerprint density at radius 2 is 1.77 bits per heavy atom. The summed E-state index contributed by atoms with van der Waals surface area (Å²) in [5.74, 6) is 1.41. The molecule has 6 nitrogen and oxygen atoms in total. The van der Waals surface area contributed by atoms with E-state index in [0.29, 0.717) is 18.5 Å². The van der Waals surface area contributed by atoms with E-state index in [1.165, 1.54) is 0 Å². The average molecular weight is 426 g/mol.